The minimum atomic E-state index is -0.942. The van der Waals surface area contributed by atoms with Gasteiger partial charge in [0.25, 0.3) is 0 Å². The van der Waals surface area contributed by atoms with Gasteiger partial charge in [0.05, 0.1) is 11.3 Å². The number of ether oxygens (including phenoxy) is 1. The zero-order valence-electron chi connectivity index (χ0n) is 14.5. The van der Waals surface area contributed by atoms with E-state index in [-0.39, 0.29) is 5.88 Å². The molecule has 0 spiro atoms. The highest BCUT2D eigenvalue weighted by Crippen LogP contribution is 2.26. The number of halogens is 2. The lowest BCUT2D eigenvalue weighted by Crippen LogP contribution is -1.93. The summed E-state index contributed by atoms with van der Waals surface area (Å²) in [7, 11) is 0. The zero-order chi connectivity index (χ0) is 19.5. The standard InChI is InChI=1S/C20H14F2N4O2/c21-13-9-18(22)25-19(10-13)27-15-5-3-12(4-6-15)8-14-11-17(28-26-14)16-2-1-7-24-20(16)23/h1-7,9-11H,8H2,(H2,23,24). The van der Waals surface area contributed by atoms with Gasteiger partial charge in [0.1, 0.15) is 17.4 Å². The fourth-order valence-electron chi connectivity index (χ4n) is 2.65. The van der Waals surface area contributed by atoms with E-state index in [9.17, 15) is 8.78 Å². The van der Waals surface area contributed by atoms with Crippen molar-refractivity contribution in [2.45, 2.75) is 6.42 Å². The first kappa shape index (κ1) is 17.6. The van der Waals surface area contributed by atoms with Crippen LogP contribution < -0.4 is 10.5 Å². The highest BCUT2D eigenvalue weighted by molar-refractivity contribution is 5.69. The number of hydrogen-bond donors (Lipinski definition) is 1. The van der Waals surface area contributed by atoms with Gasteiger partial charge >= 0.3 is 0 Å². The molecular formula is C20H14F2N4O2. The Morgan fingerprint density at radius 1 is 1.04 bits per heavy atom. The predicted molar refractivity (Wildman–Crippen MR) is 97.6 cm³/mol. The van der Waals surface area contributed by atoms with Gasteiger partial charge in [-0.3, -0.25) is 0 Å². The van der Waals surface area contributed by atoms with Gasteiger partial charge < -0.3 is 15.0 Å². The van der Waals surface area contributed by atoms with Crippen molar-refractivity contribution < 1.29 is 18.0 Å². The van der Waals surface area contributed by atoms with Gasteiger partial charge in [0.15, 0.2) is 5.76 Å². The van der Waals surface area contributed by atoms with Crippen LogP contribution in [0.15, 0.2) is 65.3 Å². The van der Waals surface area contributed by atoms with Gasteiger partial charge in [-0.05, 0) is 29.8 Å². The molecule has 0 fully saturated rings. The average Bonchev–Trinajstić information content (AvgIpc) is 3.11. The summed E-state index contributed by atoms with van der Waals surface area (Å²) < 4.78 is 37.1. The molecule has 0 aliphatic carbocycles. The Bertz CT molecular complexity index is 1090. The van der Waals surface area contributed by atoms with E-state index in [2.05, 4.69) is 15.1 Å². The summed E-state index contributed by atoms with van der Waals surface area (Å²) >= 11 is 0. The molecule has 6 nitrogen and oxygen atoms in total. The van der Waals surface area contributed by atoms with Gasteiger partial charge in [-0.2, -0.15) is 9.37 Å². The summed E-state index contributed by atoms with van der Waals surface area (Å²) in [5.74, 6) is -0.530. The van der Waals surface area contributed by atoms with Crippen LogP contribution in [0.25, 0.3) is 11.3 Å². The van der Waals surface area contributed by atoms with E-state index in [4.69, 9.17) is 15.0 Å². The van der Waals surface area contributed by atoms with E-state index < -0.39 is 11.8 Å². The second kappa shape index (κ2) is 7.43. The van der Waals surface area contributed by atoms with E-state index in [0.29, 0.717) is 35.4 Å². The second-order valence-corrected chi connectivity index (χ2v) is 5.99. The zero-order valence-corrected chi connectivity index (χ0v) is 14.5. The Hall–Kier alpha value is -3.81. The fraction of sp³-hybridized carbons (Fsp3) is 0.0500. The first-order valence-electron chi connectivity index (χ1n) is 8.33. The van der Waals surface area contributed by atoms with Crippen molar-refractivity contribution >= 4 is 5.82 Å². The average molecular weight is 380 g/mol. The van der Waals surface area contributed by atoms with Gasteiger partial charge in [-0.1, -0.05) is 17.3 Å². The van der Waals surface area contributed by atoms with Crippen LogP contribution in [0.2, 0.25) is 0 Å². The summed E-state index contributed by atoms with van der Waals surface area (Å²) in [5.41, 5.74) is 8.20. The fourth-order valence-corrected chi connectivity index (χ4v) is 2.65. The molecule has 0 amide bonds. The first-order valence-corrected chi connectivity index (χ1v) is 8.33. The van der Waals surface area contributed by atoms with E-state index in [1.54, 1.807) is 30.5 Å². The van der Waals surface area contributed by atoms with Crippen molar-refractivity contribution in [1.82, 2.24) is 15.1 Å². The maximum absolute atomic E-state index is 13.2. The summed E-state index contributed by atoms with van der Waals surface area (Å²) in [6.45, 7) is 0. The topological polar surface area (TPSA) is 87.1 Å². The Balaban J connectivity index is 1.46. The number of pyridine rings is 2. The summed E-state index contributed by atoms with van der Waals surface area (Å²) in [4.78, 5) is 7.52. The van der Waals surface area contributed by atoms with Gasteiger partial charge in [0, 0.05) is 30.8 Å². The van der Waals surface area contributed by atoms with Crippen LogP contribution in [0.1, 0.15) is 11.3 Å². The quantitative estimate of drug-likeness (QED) is 0.517. The predicted octanol–water partition coefficient (Wildman–Crippen LogP) is 4.38. The van der Waals surface area contributed by atoms with Gasteiger partial charge in [-0.25, -0.2) is 9.37 Å². The summed E-state index contributed by atoms with van der Waals surface area (Å²) in [5, 5.41) is 4.06. The minimum absolute atomic E-state index is 0.152. The van der Waals surface area contributed by atoms with E-state index in [1.807, 2.05) is 18.2 Å². The Morgan fingerprint density at radius 3 is 2.61 bits per heavy atom. The molecule has 3 heterocycles. The molecule has 0 atom stereocenters. The molecule has 0 aliphatic heterocycles. The molecule has 140 valence electrons. The van der Waals surface area contributed by atoms with Crippen LogP contribution in [-0.2, 0) is 6.42 Å². The van der Waals surface area contributed by atoms with Crippen molar-refractivity contribution in [1.29, 1.82) is 0 Å². The second-order valence-electron chi connectivity index (χ2n) is 5.99. The third-order valence-corrected chi connectivity index (χ3v) is 3.93. The molecule has 3 aromatic heterocycles. The van der Waals surface area contributed by atoms with Crippen molar-refractivity contribution in [3.8, 4) is 23.0 Å². The number of aromatic nitrogens is 3. The van der Waals surface area contributed by atoms with Gasteiger partial charge in [-0.15, -0.1) is 0 Å². The molecule has 4 aromatic rings. The van der Waals surface area contributed by atoms with Gasteiger partial charge in [0.2, 0.25) is 11.8 Å². The smallest absolute Gasteiger partial charge is 0.224 e. The first-order chi connectivity index (χ1) is 13.6. The monoisotopic (exact) mass is 380 g/mol. The number of nitrogen functional groups attached to an aromatic ring is 1. The molecule has 0 radical (unpaired) electrons. The van der Waals surface area contributed by atoms with Crippen molar-refractivity contribution in [2.75, 3.05) is 5.73 Å². The summed E-state index contributed by atoms with van der Waals surface area (Å²) in [6, 6.07) is 14.1. The normalized spacial score (nSPS) is 10.8. The molecule has 1 aromatic carbocycles. The maximum atomic E-state index is 13.2. The van der Waals surface area contributed by atoms with Crippen LogP contribution in [0.5, 0.6) is 11.6 Å². The lowest BCUT2D eigenvalue weighted by atomic mass is 10.1. The molecule has 0 saturated heterocycles. The molecule has 2 N–H and O–H groups in total. The van der Waals surface area contributed by atoms with Crippen LogP contribution in [0, 0.1) is 11.8 Å². The van der Waals surface area contributed by atoms with Crippen LogP contribution in [0.3, 0.4) is 0 Å². The lowest BCUT2D eigenvalue weighted by Gasteiger charge is -2.05. The number of nitrogens with two attached hydrogens (primary N) is 1. The molecule has 0 unspecified atom stereocenters. The lowest BCUT2D eigenvalue weighted by molar-refractivity contribution is 0.425. The largest absolute Gasteiger partial charge is 0.439 e. The van der Waals surface area contributed by atoms with Crippen LogP contribution in [-0.4, -0.2) is 15.1 Å². The molecule has 8 heteroatoms. The number of hydrogen-bond acceptors (Lipinski definition) is 6. The highest BCUT2D eigenvalue weighted by atomic mass is 19.1. The van der Waals surface area contributed by atoms with E-state index >= 15 is 0 Å². The SMILES string of the molecule is Nc1ncccc1-c1cc(Cc2ccc(Oc3cc(F)cc(F)n3)cc2)no1. The van der Waals surface area contributed by atoms with Crippen molar-refractivity contribution in [2.24, 2.45) is 0 Å². The van der Waals surface area contributed by atoms with E-state index in [1.165, 1.54) is 0 Å². The minimum Gasteiger partial charge on any atom is -0.439 e. The molecule has 28 heavy (non-hydrogen) atoms. The Kier molecular flexibility index (Phi) is 4.67. The van der Waals surface area contributed by atoms with E-state index in [0.717, 1.165) is 17.3 Å². The Morgan fingerprint density at radius 2 is 1.86 bits per heavy atom. The number of nitrogens with zero attached hydrogens (tertiary/aromatic N) is 3. The molecule has 4 rings (SSSR count). The Labute approximate surface area is 158 Å². The number of benzene rings is 1. The molecular weight excluding hydrogens is 366 g/mol. The number of rotatable bonds is 5. The maximum Gasteiger partial charge on any atom is 0.224 e. The third kappa shape index (κ3) is 3.96. The van der Waals surface area contributed by atoms with Crippen molar-refractivity contribution in [3.63, 3.8) is 0 Å². The highest BCUT2D eigenvalue weighted by Gasteiger charge is 2.11. The van der Waals surface area contributed by atoms with Crippen LogP contribution >= 0.6 is 0 Å². The summed E-state index contributed by atoms with van der Waals surface area (Å²) in [6.07, 6.45) is 2.13. The molecule has 0 bridgehead atoms. The number of anilines is 1. The molecule has 0 aliphatic rings. The molecule has 0 saturated carbocycles. The van der Waals surface area contributed by atoms with Crippen molar-refractivity contribution in [3.05, 3.63) is 83.8 Å². The van der Waals surface area contributed by atoms with Crippen LogP contribution in [0.4, 0.5) is 14.6 Å². The third-order valence-electron chi connectivity index (χ3n) is 3.93.